The average molecular weight is 422 g/mol. The van der Waals surface area contributed by atoms with Crippen LogP contribution < -0.4 is 15.1 Å². The summed E-state index contributed by atoms with van der Waals surface area (Å²) in [6.45, 7) is 3.82. The Morgan fingerprint density at radius 1 is 1.21 bits per heavy atom. The van der Waals surface area contributed by atoms with Gasteiger partial charge in [-0.25, -0.2) is 4.79 Å². The van der Waals surface area contributed by atoms with E-state index in [1.165, 1.54) is 11.3 Å². The SMILES string of the molecule is O=C(NC[C@H]1CN(c2ccc(N3CCOCC3)cc2)C(=O)O1)c1cc(Cl)cs1. The minimum absolute atomic E-state index is 0.221. The minimum Gasteiger partial charge on any atom is -0.442 e. The van der Waals surface area contributed by atoms with Crippen molar-refractivity contribution in [2.24, 2.45) is 0 Å². The standard InChI is InChI=1S/C19H20ClN3O4S/c20-13-9-17(28-12-13)18(24)21-10-16-11-23(19(25)27-16)15-3-1-14(2-4-15)22-5-7-26-8-6-22/h1-4,9,12,16H,5-8,10-11H2,(H,21,24)/t16-/m0/s1. The fourth-order valence-electron chi connectivity index (χ4n) is 3.23. The van der Waals surface area contributed by atoms with Crippen LogP contribution in [0, 0.1) is 0 Å². The Balaban J connectivity index is 1.33. The van der Waals surface area contributed by atoms with Gasteiger partial charge in [0, 0.05) is 29.8 Å². The number of amides is 2. The predicted molar refractivity (Wildman–Crippen MR) is 109 cm³/mol. The summed E-state index contributed by atoms with van der Waals surface area (Å²) in [4.78, 5) is 28.7. The summed E-state index contributed by atoms with van der Waals surface area (Å²) in [6.07, 6.45) is -0.802. The van der Waals surface area contributed by atoms with Crippen LogP contribution in [0.5, 0.6) is 0 Å². The zero-order valence-electron chi connectivity index (χ0n) is 15.1. The molecule has 0 saturated carbocycles. The summed E-state index contributed by atoms with van der Waals surface area (Å²) in [5, 5.41) is 5.03. The third-order valence-electron chi connectivity index (χ3n) is 4.69. The molecule has 9 heteroatoms. The molecule has 3 heterocycles. The maximum absolute atomic E-state index is 12.2. The molecule has 2 aromatic rings. The second-order valence-corrected chi connectivity index (χ2v) is 7.92. The molecular formula is C19H20ClN3O4S. The zero-order chi connectivity index (χ0) is 19.5. The number of nitrogens with one attached hydrogen (secondary N) is 1. The van der Waals surface area contributed by atoms with Crippen LogP contribution in [0.15, 0.2) is 35.7 Å². The molecule has 2 amide bonds. The molecule has 2 saturated heterocycles. The van der Waals surface area contributed by atoms with Gasteiger partial charge in [0.2, 0.25) is 0 Å². The second-order valence-electron chi connectivity index (χ2n) is 6.57. The van der Waals surface area contributed by atoms with Gasteiger partial charge in [-0.15, -0.1) is 11.3 Å². The highest BCUT2D eigenvalue weighted by Gasteiger charge is 2.32. The van der Waals surface area contributed by atoms with Gasteiger partial charge in [0.15, 0.2) is 0 Å². The van der Waals surface area contributed by atoms with Gasteiger partial charge in [0.05, 0.1) is 36.2 Å². The third-order valence-corrected chi connectivity index (χ3v) is 5.97. The van der Waals surface area contributed by atoms with Crippen molar-refractivity contribution in [3.05, 3.63) is 45.6 Å². The van der Waals surface area contributed by atoms with Crippen molar-refractivity contribution in [1.29, 1.82) is 0 Å². The van der Waals surface area contributed by atoms with E-state index in [1.54, 1.807) is 16.3 Å². The van der Waals surface area contributed by atoms with E-state index in [1.807, 2.05) is 24.3 Å². The first-order valence-electron chi connectivity index (χ1n) is 9.03. The van der Waals surface area contributed by atoms with Crippen LogP contribution in [0.3, 0.4) is 0 Å². The van der Waals surface area contributed by atoms with E-state index >= 15 is 0 Å². The molecule has 28 heavy (non-hydrogen) atoms. The monoisotopic (exact) mass is 421 g/mol. The van der Waals surface area contributed by atoms with Crippen LogP contribution in [0.2, 0.25) is 5.02 Å². The lowest BCUT2D eigenvalue weighted by Crippen LogP contribution is -2.36. The number of ether oxygens (including phenoxy) is 2. The number of morpholine rings is 1. The number of anilines is 2. The fourth-order valence-corrected chi connectivity index (χ4v) is 4.22. The molecule has 1 aromatic carbocycles. The number of hydrogen-bond donors (Lipinski definition) is 1. The third kappa shape index (κ3) is 4.24. The van der Waals surface area contributed by atoms with Crippen LogP contribution in [-0.4, -0.2) is 57.5 Å². The van der Waals surface area contributed by atoms with Crippen molar-refractivity contribution in [1.82, 2.24) is 5.32 Å². The highest BCUT2D eigenvalue weighted by Crippen LogP contribution is 2.25. The normalized spacial score (nSPS) is 19.6. The van der Waals surface area contributed by atoms with E-state index < -0.39 is 12.2 Å². The van der Waals surface area contributed by atoms with Gasteiger partial charge < -0.3 is 19.7 Å². The number of hydrogen-bond acceptors (Lipinski definition) is 6. The van der Waals surface area contributed by atoms with Gasteiger partial charge in [-0.3, -0.25) is 9.69 Å². The number of nitrogens with zero attached hydrogens (tertiary/aromatic N) is 2. The summed E-state index contributed by atoms with van der Waals surface area (Å²) in [5.41, 5.74) is 1.89. The summed E-state index contributed by atoms with van der Waals surface area (Å²) >= 11 is 7.12. The number of benzene rings is 1. The molecule has 0 spiro atoms. The Morgan fingerprint density at radius 3 is 2.61 bits per heavy atom. The molecule has 0 bridgehead atoms. The summed E-state index contributed by atoms with van der Waals surface area (Å²) < 4.78 is 10.8. The fraction of sp³-hybridized carbons (Fsp3) is 0.368. The van der Waals surface area contributed by atoms with Crippen molar-refractivity contribution in [2.75, 3.05) is 49.2 Å². The molecule has 2 aliphatic heterocycles. The highest BCUT2D eigenvalue weighted by molar-refractivity contribution is 7.12. The van der Waals surface area contributed by atoms with Crippen LogP contribution in [-0.2, 0) is 9.47 Å². The van der Waals surface area contributed by atoms with Crippen molar-refractivity contribution < 1.29 is 19.1 Å². The topological polar surface area (TPSA) is 71.1 Å². The van der Waals surface area contributed by atoms with E-state index in [-0.39, 0.29) is 12.5 Å². The van der Waals surface area contributed by atoms with E-state index in [0.29, 0.717) is 16.4 Å². The van der Waals surface area contributed by atoms with E-state index in [0.717, 1.165) is 37.7 Å². The quantitative estimate of drug-likeness (QED) is 0.803. The van der Waals surface area contributed by atoms with Crippen molar-refractivity contribution in [3.63, 3.8) is 0 Å². The molecule has 2 fully saturated rings. The molecule has 2 aliphatic rings. The molecule has 4 rings (SSSR count). The van der Waals surface area contributed by atoms with Crippen molar-refractivity contribution in [3.8, 4) is 0 Å². The number of thiophene rings is 1. The molecule has 0 radical (unpaired) electrons. The van der Waals surface area contributed by atoms with Crippen molar-refractivity contribution >= 4 is 46.3 Å². The maximum atomic E-state index is 12.2. The molecule has 1 aromatic heterocycles. The first kappa shape index (κ1) is 19.0. The van der Waals surface area contributed by atoms with Crippen LogP contribution >= 0.6 is 22.9 Å². The summed E-state index contributed by atoms with van der Waals surface area (Å²) in [7, 11) is 0. The Morgan fingerprint density at radius 2 is 1.93 bits per heavy atom. The molecule has 1 atom stereocenters. The van der Waals surface area contributed by atoms with Gasteiger partial charge in [-0.2, -0.15) is 0 Å². The number of cyclic esters (lactones) is 1. The highest BCUT2D eigenvalue weighted by atomic mass is 35.5. The molecule has 7 nitrogen and oxygen atoms in total. The van der Waals surface area contributed by atoms with Crippen LogP contribution in [0.25, 0.3) is 0 Å². The second kappa shape index (κ2) is 8.38. The molecule has 148 valence electrons. The lowest BCUT2D eigenvalue weighted by molar-refractivity contribution is 0.0920. The van der Waals surface area contributed by atoms with Crippen LogP contribution in [0.4, 0.5) is 16.2 Å². The first-order valence-corrected chi connectivity index (χ1v) is 10.3. The van der Waals surface area contributed by atoms with Gasteiger partial charge >= 0.3 is 6.09 Å². The van der Waals surface area contributed by atoms with E-state index in [4.69, 9.17) is 21.1 Å². The van der Waals surface area contributed by atoms with Gasteiger partial charge in [-0.1, -0.05) is 11.6 Å². The first-order chi connectivity index (χ1) is 13.6. The summed E-state index contributed by atoms with van der Waals surface area (Å²) in [5.74, 6) is -0.221. The molecular weight excluding hydrogens is 402 g/mol. The maximum Gasteiger partial charge on any atom is 0.414 e. The molecule has 0 unspecified atom stereocenters. The van der Waals surface area contributed by atoms with Crippen LogP contribution in [0.1, 0.15) is 9.67 Å². The molecule has 1 N–H and O–H groups in total. The molecule has 0 aliphatic carbocycles. The number of halogens is 1. The largest absolute Gasteiger partial charge is 0.442 e. The van der Waals surface area contributed by atoms with E-state index in [2.05, 4.69) is 10.2 Å². The minimum atomic E-state index is -0.405. The Bertz CT molecular complexity index is 851. The number of rotatable bonds is 5. The van der Waals surface area contributed by atoms with Crippen molar-refractivity contribution in [2.45, 2.75) is 6.10 Å². The summed E-state index contributed by atoms with van der Waals surface area (Å²) in [6, 6.07) is 9.46. The number of carbonyl (C=O) groups excluding carboxylic acids is 2. The van der Waals surface area contributed by atoms with Gasteiger partial charge in [0.25, 0.3) is 5.91 Å². The Kier molecular flexibility index (Phi) is 5.70. The smallest absolute Gasteiger partial charge is 0.414 e. The van der Waals surface area contributed by atoms with Gasteiger partial charge in [0.1, 0.15) is 6.10 Å². The Hall–Kier alpha value is -2.29. The zero-order valence-corrected chi connectivity index (χ0v) is 16.7. The lowest BCUT2D eigenvalue weighted by atomic mass is 10.2. The average Bonchev–Trinajstić information content (AvgIpc) is 3.32. The van der Waals surface area contributed by atoms with Gasteiger partial charge in [-0.05, 0) is 30.3 Å². The van der Waals surface area contributed by atoms with E-state index in [9.17, 15) is 9.59 Å². The predicted octanol–water partition coefficient (Wildman–Crippen LogP) is 2.99. The Labute approximate surface area is 171 Å². The number of carbonyl (C=O) groups is 2. The lowest BCUT2D eigenvalue weighted by Gasteiger charge is -2.29.